The van der Waals surface area contributed by atoms with Crippen molar-refractivity contribution in [1.29, 1.82) is 0 Å². The SMILES string of the molecule is CCCNC(CCC)Cc1cccc(OC)n1. The van der Waals surface area contributed by atoms with Crippen molar-refractivity contribution in [3.8, 4) is 5.88 Å². The zero-order valence-corrected chi connectivity index (χ0v) is 11.2. The van der Waals surface area contributed by atoms with Crippen molar-refractivity contribution in [1.82, 2.24) is 10.3 Å². The number of nitrogens with one attached hydrogen (secondary N) is 1. The fourth-order valence-corrected chi connectivity index (χ4v) is 1.91. The minimum atomic E-state index is 0.527. The smallest absolute Gasteiger partial charge is 0.213 e. The molecule has 0 spiro atoms. The number of ether oxygens (including phenoxy) is 1. The summed E-state index contributed by atoms with van der Waals surface area (Å²) in [6.07, 6.45) is 4.54. The summed E-state index contributed by atoms with van der Waals surface area (Å²) in [5, 5.41) is 3.58. The molecule has 0 bridgehead atoms. The van der Waals surface area contributed by atoms with Gasteiger partial charge in [0.2, 0.25) is 5.88 Å². The van der Waals surface area contributed by atoms with Gasteiger partial charge in [-0.05, 0) is 25.5 Å². The van der Waals surface area contributed by atoms with Gasteiger partial charge in [-0.1, -0.05) is 26.3 Å². The van der Waals surface area contributed by atoms with Gasteiger partial charge in [0.25, 0.3) is 0 Å². The van der Waals surface area contributed by atoms with Crippen LogP contribution in [0.4, 0.5) is 0 Å². The zero-order chi connectivity index (χ0) is 12.5. The van der Waals surface area contributed by atoms with Crippen molar-refractivity contribution in [3.63, 3.8) is 0 Å². The van der Waals surface area contributed by atoms with Crippen molar-refractivity contribution >= 4 is 0 Å². The number of rotatable bonds is 8. The molecule has 1 aromatic heterocycles. The molecule has 0 fully saturated rings. The van der Waals surface area contributed by atoms with E-state index in [2.05, 4.69) is 30.2 Å². The summed E-state index contributed by atoms with van der Waals surface area (Å²) in [7, 11) is 1.66. The van der Waals surface area contributed by atoms with Crippen molar-refractivity contribution in [2.75, 3.05) is 13.7 Å². The highest BCUT2D eigenvalue weighted by atomic mass is 16.5. The molecule has 1 heterocycles. The molecule has 1 aromatic rings. The van der Waals surface area contributed by atoms with E-state index in [1.54, 1.807) is 7.11 Å². The minimum Gasteiger partial charge on any atom is -0.481 e. The standard InChI is InChI=1S/C14H24N2O/c1-4-7-12(15-10-5-2)11-13-8-6-9-14(16-13)17-3/h6,8-9,12,15H,4-5,7,10-11H2,1-3H3. The first-order valence-electron chi connectivity index (χ1n) is 6.53. The van der Waals surface area contributed by atoms with Crippen LogP contribution in [-0.2, 0) is 6.42 Å². The molecule has 0 radical (unpaired) electrons. The fourth-order valence-electron chi connectivity index (χ4n) is 1.91. The second-order valence-electron chi connectivity index (χ2n) is 4.32. The van der Waals surface area contributed by atoms with Gasteiger partial charge in [-0.3, -0.25) is 0 Å². The van der Waals surface area contributed by atoms with Gasteiger partial charge < -0.3 is 10.1 Å². The molecule has 1 unspecified atom stereocenters. The number of nitrogens with zero attached hydrogens (tertiary/aromatic N) is 1. The molecule has 1 atom stereocenters. The molecule has 0 saturated heterocycles. The van der Waals surface area contributed by atoms with Gasteiger partial charge in [0.1, 0.15) is 0 Å². The largest absolute Gasteiger partial charge is 0.481 e. The van der Waals surface area contributed by atoms with Crippen LogP contribution in [0, 0.1) is 0 Å². The van der Waals surface area contributed by atoms with E-state index in [0.717, 1.165) is 18.7 Å². The van der Waals surface area contributed by atoms with Gasteiger partial charge in [0.05, 0.1) is 7.11 Å². The molecule has 17 heavy (non-hydrogen) atoms. The average Bonchev–Trinajstić information content (AvgIpc) is 2.36. The van der Waals surface area contributed by atoms with Gasteiger partial charge in [-0.25, -0.2) is 4.98 Å². The lowest BCUT2D eigenvalue weighted by molar-refractivity contribution is 0.394. The number of aromatic nitrogens is 1. The molecule has 0 aromatic carbocycles. The van der Waals surface area contributed by atoms with Crippen LogP contribution in [0.2, 0.25) is 0 Å². The maximum absolute atomic E-state index is 5.15. The Morgan fingerprint density at radius 1 is 1.29 bits per heavy atom. The Morgan fingerprint density at radius 3 is 2.76 bits per heavy atom. The van der Waals surface area contributed by atoms with Crippen LogP contribution in [-0.4, -0.2) is 24.7 Å². The topological polar surface area (TPSA) is 34.1 Å². The molecule has 96 valence electrons. The lowest BCUT2D eigenvalue weighted by Gasteiger charge is -2.17. The Kier molecular flexibility index (Phi) is 6.63. The first kappa shape index (κ1) is 14.0. The fraction of sp³-hybridized carbons (Fsp3) is 0.643. The van der Waals surface area contributed by atoms with E-state index in [-0.39, 0.29) is 0 Å². The molecule has 0 aliphatic carbocycles. The van der Waals surface area contributed by atoms with E-state index in [1.807, 2.05) is 12.1 Å². The van der Waals surface area contributed by atoms with E-state index in [1.165, 1.54) is 19.3 Å². The summed E-state index contributed by atoms with van der Waals surface area (Å²) in [5.41, 5.74) is 1.10. The second-order valence-corrected chi connectivity index (χ2v) is 4.32. The Bertz CT molecular complexity index is 315. The van der Waals surface area contributed by atoms with Crippen molar-refractivity contribution in [2.24, 2.45) is 0 Å². The van der Waals surface area contributed by atoms with Crippen molar-refractivity contribution in [3.05, 3.63) is 23.9 Å². The lowest BCUT2D eigenvalue weighted by Crippen LogP contribution is -2.31. The van der Waals surface area contributed by atoms with Gasteiger partial charge in [-0.2, -0.15) is 0 Å². The van der Waals surface area contributed by atoms with E-state index in [9.17, 15) is 0 Å². The molecule has 0 amide bonds. The average molecular weight is 236 g/mol. The molecule has 1 N–H and O–H groups in total. The highest BCUT2D eigenvalue weighted by Gasteiger charge is 2.09. The van der Waals surface area contributed by atoms with E-state index < -0.39 is 0 Å². The monoisotopic (exact) mass is 236 g/mol. The molecule has 3 heteroatoms. The van der Waals surface area contributed by atoms with Crippen LogP contribution in [0.25, 0.3) is 0 Å². The van der Waals surface area contributed by atoms with Gasteiger partial charge >= 0.3 is 0 Å². The maximum atomic E-state index is 5.15. The Labute approximate surface area is 105 Å². The quantitative estimate of drug-likeness (QED) is 0.753. The summed E-state index contributed by atoms with van der Waals surface area (Å²) in [5.74, 6) is 0.702. The third kappa shape index (κ3) is 5.18. The number of hydrogen-bond donors (Lipinski definition) is 1. The van der Waals surface area contributed by atoms with E-state index >= 15 is 0 Å². The molecule has 0 saturated carbocycles. The Morgan fingerprint density at radius 2 is 2.12 bits per heavy atom. The summed E-state index contributed by atoms with van der Waals surface area (Å²) in [6.45, 7) is 5.49. The third-order valence-corrected chi connectivity index (χ3v) is 2.77. The summed E-state index contributed by atoms with van der Waals surface area (Å²) in [6, 6.07) is 6.49. The third-order valence-electron chi connectivity index (χ3n) is 2.77. The number of methoxy groups -OCH3 is 1. The minimum absolute atomic E-state index is 0.527. The van der Waals surface area contributed by atoms with Crippen molar-refractivity contribution in [2.45, 2.75) is 45.6 Å². The molecule has 3 nitrogen and oxygen atoms in total. The highest BCUT2D eigenvalue weighted by Crippen LogP contribution is 2.10. The summed E-state index contributed by atoms with van der Waals surface area (Å²) >= 11 is 0. The van der Waals surface area contributed by atoms with Crippen LogP contribution in [0.1, 0.15) is 38.8 Å². The predicted molar refractivity (Wildman–Crippen MR) is 71.5 cm³/mol. The van der Waals surface area contributed by atoms with Crippen LogP contribution >= 0.6 is 0 Å². The van der Waals surface area contributed by atoms with Crippen LogP contribution < -0.4 is 10.1 Å². The second kappa shape index (κ2) is 8.07. The van der Waals surface area contributed by atoms with E-state index in [4.69, 9.17) is 4.74 Å². The van der Waals surface area contributed by atoms with Gasteiger partial charge in [0.15, 0.2) is 0 Å². The van der Waals surface area contributed by atoms with Gasteiger partial charge in [0, 0.05) is 24.2 Å². The lowest BCUT2D eigenvalue weighted by atomic mass is 10.1. The van der Waals surface area contributed by atoms with Crippen LogP contribution in [0.5, 0.6) is 5.88 Å². The molecule has 1 rings (SSSR count). The zero-order valence-electron chi connectivity index (χ0n) is 11.2. The number of hydrogen-bond acceptors (Lipinski definition) is 3. The molecular weight excluding hydrogens is 212 g/mol. The first-order chi connectivity index (χ1) is 8.30. The Hall–Kier alpha value is -1.09. The van der Waals surface area contributed by atoms with Gasteiger partial charge in [-0.15, -0.1) is 0 Å². The number of pyridine rings is 1. The molecule has 0 aliphatic heterocycles. The highest BCUT2D eigenvalue weighted by molar-refractivity contribution is 5.16. The van der Waals surface area contributed by atoms with Crippen LogP contribution in [0.15, 0.2) is 18.2 Å². The molecular formula is C14H24N2O. The van der Waals surface area contributed by atoms with Crippen LogP contribution in [0.3, 0.4) is 0 Å². The Balaban J connectivity index is 2.57. The summed E-state index contributed by atoms with van der Waals surface area (Å²) < 4.78 is 5.15. The molecule has 0 aliphatic rings. The predicted octanol–water partition coefficient (Wildman–Crippen LogP) is 2.80. The van der Waals surface area contributed by atoms with Crippen molar-refractivity contribution < 1.29 is 4.74 Å². The summed E-state index contributed by atoms with van der Waals surface area (Å²) in [4.78, 5) is 4.46. The van der Waals surface area contributed by atoms with E-state index in [0.29, 0.717) is 11.9 Å². The maximum Gasteiger partial charge on any atom is 0.213 e. The first-order valence-corrected chi connectivity index (χ1v) is 6.53. The normalized spacial score (nSPS) is 12.4.